The zero-order chi connectivity index (χ0) is 21.7. The van der Waals surface area contributed by atoms with Crippen LogP contribution in [0.5, 0.6) is 0 Å². The fraction of sp³-hybridized carbons (Fsp3) is 0.545. The van der Waals surface area contributed by atoms with Crippen LogP contribution in [0.2, 0.25) is 18.6 Å². The topological polar surface area (TPSA) is 77.5 Å². The Bertz CT molecular complexity index is 953. The van der Waals surface area contributed by atoms with Crippen molar-refractivity contribution in [1.29, 1.82) is 0 Å². The molecule has 1 aromatic rings. The molecule has 2 aliphatic rings. The minimum Gasteiger partial charge on any atom is -0.296 e. The van der Waals surface area contributed by atoms with Crippen molar-refractivity contribution in [2.75, 3.05) is 6.26 Å². The highest BCUT2D eigenvalue weighted by Crippen LogP contribution is 2.62. The zero-order valence-electron chi connectivity index (χ0n) is 17.8. The van der Waals surface area contributed by atoms with Gasteiger partial charge in [-0.05, 0) is 29.9 Å². The highest BCUT2D eigenvalue weighted by Gasteiger charge is 2.64. The van der Waals surface area contributed by atoms with E-state index in [4.69, 9.17) is 4.18 Å². The number of rotatable bonds is 5. The molecule has 0 N–H and O–H groups in total. The monoisotopic (exact) mass is 434 g/mol. The molecule has 1 saturated carbocycles. The van der Waals surface area contributed by atoms with Gasteiger partial charge in [-0.1, -0.05) is 68.5 Å². The van der Waals surface area contributed by atoms with Crippen LogP contribution in [0, 0.1) is 10.8 Å². The van der Waals surface area contributed by atoms with Gasteiger partial charge in [0.2, 0.25) is 0 Å². The molecule has 1 fully saturated rings. The van der Waals surface area contributed by atoms with Gasteiger partial charge in [0, 0.05) is 11.8 Å². The van der Waals surface area contributed by atoms with Crippen molar-refractivity contribution in [3.05, 3.63) is 42.5 Å². The number of ketones is 2. The van der Waals surface area contributed by atoms with Gasteiger partial charge in [0.05, 0.1) is 14.3 Å². The predicted octanol–water partition coefficient (Wildman–Crippen LogP) is 3.22. The summed E-state index contributed by atoms with van der Waals surface area (Å²) in [7, 11) is -5.96. The van der Waals surface area contributed by atoms with Crippen LogP contribution in [0.3, 0.4) is 0 Å². The van der Waals surface area contributed by atoms with Gasteiger partial charge < -0.3 is 0 Å². The molecule has 29 heavy (non-hydrogen) atoms. The largest absolute Gasteiger partial charge is 0.296 e. The van der Waals surface area contributed by atoms with E-state index >= 15 is 0 Å². The molecule has 158 valence electrons. The third-order valence-electron chi connectivity index (χ3n) is 7.35. The van der Waals surface area contributed by atoms with E-state index in [0.29, 0.717) is 19.3 Å². The van der Waals surface area contributed by atoms with Gasteiger partial charge >= 0.3 is 0 Å². The summed E-state index contributed by atoms with van der Waals surface area (Å²) in [6.45, 7) is 8.47. The average molecular weight is 435 g/mol. The molecule has 1 aromatic carbocycles. The van der Waals surface area contributed by atoms with E-state index in [1.807, 2.05) is 38.1 Å². The standard InChI is InChI=1S/C22H30O5SSi/c1-21(13-11-16(23)12-14-21)22(2)19(15-18(20(22)24)27-28(3,25)26)29(4,5)17-9-7-6-8-10-17/h6-11,13,18-19H,12,14-15H2,1-5H3/t18-,19+,21+,22-/m0/s1. The Morgan fingerprint density at radius 2 is 1.72 bits per heavy atom. The maximum absolute atomic E-state index is 13.7. The predicted molar refractivity (Wildman–Crippen MR) is 116 cm³/mol. The van der Waals surface area contributed by atoms with Crippen LogP contribution in [0.4, 0.5) is 0 Å². The lowest BCUT2D eigenvalue weighted by molar-refractivity contribution is -0.136. The molecule has 7 heteroatoms. The van der Waals surface area contributed by atoms with Gasteiger partial charge in [-0.2, -0.15) is 8.42 Å². The summed E-state index contributed by atoms with van der Waals surface area (Å²) in [6.07, 6.45) is 4.83. The number of hydrogen-bond acceptors (Lipinski definition) is 5. The fourth-order valence-corrected chi connectivity index (χ4v) is 10.1. The van der Waals surface area contributed by atoms with Crippen LogP contribution >= 0.6 is 0 Å². The SMILES string of the molecule is C[C@@]1([C@]2(C)C(=O)[C@@H](OS(C)(=O)=O)C[C@H]2[Si](C)(C)c2ccccc2)C=CC(=O)CC1. The van der Waals surface area contributed by atoms with Crippen LogP contribution in [-0.2, 0) is 23.9 Å². The summed E-state index contributed by atoms with van der Waals surface area (Å²) in [4.78, 5) is 25.5. The minimum absolute atomic E-state index is 0.0282. The third kappa shape index (κ3) is 3.80. The number of benzene rings is 1. The highest BCUT2D eigenvalue weighted by atomic mass is 32.2. The smallest absolute Gasteiger partial charge is 0.265 e. The number of carbonyl (C=O) groups excluding carboxylic acids is 2. The van der Waals surface area contributed by atoms with Crippen molar-refractivity contribution >= 4 is 34.9 Å². The maximum atomic E-state index is 13.7. The van der Waals surface area contributed by atoms with Gasteiger partial charge in [0.1, 0.15) is 6.10 Å². The normalized spacial score (nSPS) is 33.3. The van der Waals surface area contributed by atoms with Crippen LogP contribution in [0.15, 0.2) is 42.5 Å². The summed E-state index contributed by atoms with van der Waals surface area (Å²) in [5, 5.41) is 1.23. The Balaban J connectivity index is 2.14. The second kappa shape index (κ2) is 7.29. The van der Waals surface area contributed by atoms with Crippen molar-refractivity contribution in [3.8, 4) is 0 Å². The van der Waals surface area contributed by atoms with E-state index in [-0.39, 0.29) is 17.1 Å². The number of carbonyl (C=O) groups is 2. The van der Waals surface area contributed by atoms with Crippen LogP contribution < -0.4 is 5.19 Å². The second-order valence-corrected chi connectivity index (χ2v) is 15.8. The van der Waals surface area contributed by atoms with E-state index in [1.54, 1.807) is 6.08 Å². The zero-order valence-corrected chi connectivity index (χ0v) is 19.6. The molecule has 2 aliphatic carbocycles. The van der Waals surface area contributed by atoms with E-state index < -0.39 is 35.1 Å². The van der Waals surface area contributed by atoms with Gasteiger partial charge in [0.15, 0.2) is 11.6 Å². The summed E-state index contributed by atoms with van der Waals surface area (Å²) < 4.78 is 29.0. The van der Waals surface area contributed by atoms with Crippen LogP contribution in [-0.4, -0.2) is 40.4 Å². The quantitative estimate of drug-likeness (QED) is 0.525. The Kier molecular flexibility index (Phi) is 5.56. The lowest BCUT2D eigenvalue weighted by atomic mass is 9.59. The first-order valence-corrected chi connectivity index (χ1v) is 14.9. The van der Waals surface area contributed by atoms with E-state index in [2.05, 4.69) is 25.2 Å². The lowest BCUT2D eigenvalue weighted by Gasteiger charge is -2.50. The van der Waals surface area contributed by atoms with Gasteiger partial charge in [-0.15, -0.1) is 0 Å². The molecule has 0 amide bonds. The first-order valence-electron chi connectivity index (χ1n) is 10.0. The second-order valence-electron chi connectivity index (χ2n) is 9.45. The Labute approximate surface area is 174 Å². The average Bonchev–Trinajstić information content (AvgIpc) is 2.90. The summed E-state index contributed by atoms with van der Waals surface area (Å²) >= 11 is 0. The molecular weight excluding hydrogens is 404 g/mol. The molecule has 0 spiro atoms. The molecule has 0 saturated heterocycles. The molecule has 3 rings (SSSR count). The number of Topliss-reactive ketones (excluding diaryl/α,β-unsaturated/α-hetero) is 1. The van der Waals surface area contributed by atoms with Crippen molar-refractivity contribution in [2.45, 2.75) is 57.8 Å². The Morgan fingerprint density at radius 1 is 1.10 bits per heavy atom. The molecule has 5 nitrogen and oxygen atoms in total. The van der Waals surface area contributed by atoms with Crippen molar-refractivity contribution in [3.63, 3.8) is 0 Å². The number of allylic oxidation sites excluding steroid dienone is 2. The highest BCUT2D eigenvalue weighted by molar-refractivity contribution is 7.86. The molecule has 0 aliphatic heterocycles. The van der Waals surface area contributed by atoms with Crippen molar-refractivity contribution < 1.29 is 22.2 Å². The van der Waals surface area contributed by atoms with Gasteiger partial charge in [0.25, 0.3) is 10.1 Å². The molecule has 0 unspecified atom stereocenters. The number of hydrogen-bond donors (Lipinski definition) is 0. The van der Waals surface area contributed by atoms with E-state index in [0.717, 1.165) is 6.26 Å². The summed E-state index contributed by atoms with van der Waals surface area (Å²) in [6, 6.07) is 10.2. The van der Waals surface area contributed by atoms with Gasteiger partial charge in [-0.25, -0.2) is 0 Å². The molecule has 0 heterocycles. The van der Waals surface area contributed by atoms with Crippen LogP contribution in [0.25, 0.3) is 0 Å². The van der Waals surface area contributed by atoms with Crippen molar-refractivity contribution in [2.24, 2.45) is 10.8 Å². The first kappa shape index (κ1) is 22.1. The molecule has 0 bridgehead atoms. The van der Waals surface area contributed by atoms with E-state index in [1.165, 1.54) is 5.19 Å². The third-order valence-corrected chi connectivity index (χ3v) is 12.3. The first-order chi connectivity index (χ1) is 13.3. The van der Waals surface area contributed by atoms with Crippen LogP contribution in [0.1, 0.15) is 33.1 Å². The summed E-state index contributed by atoms with van der Waals surface area (Å²) in [5.74, 6) is -0.0949. The van der Waals surface area contributed by atoms with Crippen molar-refractivity contribution in [1.82, 2.24) is 0 Å². The molecule has 0 aromatic heterocycles. The maximum Gasteiger partial charge on any atom is 0.265 e. The Morgan fingerprint density at radius 3 is 2.24 bits per heavy atom. The van der Waals surface area contributed by atoms with E-state index in [9.17, 15) is 18.0 Å². The minimum atomic E-state index is -3.76. The lowest BCUT2D eigenvalue weighted by Crippen LogP contribution is -2.55. The van der Waals surface area contributed by atoms with Gasteiger partial charge in [-0.3, -0.25) is 13.8 Å². The summed E-state index contributed by atoms with van der Waals surface area (Å²) in [5.41, 5.74) is -1.37. The molecular formula is C22H30O5SSi. The molecule has 0 radical (unpaired) electrons. The molecule has 4 atom stereocenters. The Hall–Kier alpha value is -1.57. The fourth-order valence-electron chi connectivity index (χ4n) is 5.38.